The molecule has 1 aromatic carbocycles. The lowest BCUT2D eigenvalue weighted by molar-refractivity contribution is -0.131. The number of thioether (sulfide) groups is 1. The highest BCUT2D eigenvalue weighted by atomic mass is 32.2. The lowest BCUT2D eigenvalue weighted by Gasteiger charge is -2.21. The number of rotatable bonds is 4. The molecule has 0 saturated carbocycles. The monoisotopic (exact) mass is 344 g/mol. The Hall–Kier alpha value is -1.79. The van der Waals surface area contributed by atoms with E-state index in [0.29, 0.717) is 6.54 Å². The maximum atomic E-state index is 12.5. The number of hydrogen-bond acceptors (Lipinski definition) is 4. The molecule has 3 rings (SSSR count). The molecule has 1 unspecified atom stereocenters. The van der Waals surface area contributed by atoms with Crippen molar-refractivity contribution in [2.24, 2.45) is 0 Å². The van der Waals surface area contributed by atoms with Crippen LogP contribution in [0.1, 0.15) is 22.5 Å². The van der Waals surface area contributed by atoms with Crippen LogP contribution in [0.2, 0.25) is 0 Å². The molecule has 1 atom stereocenters. The smallest absolute Gasteiger partial charge is 0.240 e. The van der Waals surface area contributed by atoms with Gasteiger partial charge in [0.25, 0.3) is 0 Å². The van der Waals surface area contributed by atoms with E-state index in [2.05, 4.69) is 31.3 Å². The maximum Gasteiger partial charge on any atom is 0.240 e. The summed E-state index contributed by atoms with van der Waals surface area (Å²) in [5.74, 6) is 1.86. The van der Waals surface area contributed by atoms with Gasteiger partial charge in [-0.25, -0.2) is 4.68 Å². The molecule has 6 heteroatoms. The SMILES string of the molecule is Cc1ccccc1-n1nc(C)c(CN(C)C(=O)C2CSCN2)c1C. The first-order valence-corrected chi connectivity index (χ1v) is 9.31. The minimum absolute atomic E-state index is 0.0629. The van der Waals surface area contributed by atoms with Crippen LogP contribution in [0.15, 0.2) is 24.3 Å². The Bertz CT molecular complexity index is 749. The van der Waals surface area contributed by atoms with E-state index in [9.17, 15) is 4.79 Å². The van der Waals surface area contributed by atoms with Gasteiger partial charge in [-0.1, -0.05) is 18.2 Å². The van der Waals surface area contributed by atoms with Crippen LogP contribution in [0.3, 0.4) is 0 Å². The zero-order chi connectivity index (χ0) is 17.3. The van der Waals surface area contributed by atoms with E-state index in [1.54, 1.807) is 11.8 Å². The Balaban J connectivity index is 1.84. The summed E-state index contributed by atoms with van der Waals surface area (Å²) in [5, 5.41) is 7.95. The Morgan fingerprint density at radius 2 is 2.12 bits per heavy atom. The number of nitrogens with zero attached hydrogens (tertiary/aromatic N) is 3. The first-order valence-electron chi connectivity index (χ1n) is 8.16. The third-order valence-electron chi connectivity index (χ3n) is 4.57. The van der Waals surface area contributed by atoms with Crippen LogP contribution in [0.5, 0.6) is 0 Å². The van der Waals surface area contributed by atoms with E-state index in [0.717, 1.165) is 34.3 Å². The van der Waals surface area contributed by atoms with Crippen molar-refractivity contribution in [3.05, 3.63) is 46.8 Å². The largest absolute Gasteiger partial charge is 0.340 e. The van der Waals surface area contributed by atoms with Gasteiger partial charge in [0.2, 0.25) is 5.91 Å². The van der Waals surface area contributed by atoms with Gasteiger partial charge in [0, 0.05) is 36.5 Å². The Kier molecular flexibility index (Phi) is 4.96. The van der Waals surface area contributed by atoms with E-state index in [1.165, 1.54) is 5.56 Å². The molecule has 5 nitrogen and oxygen atoms in total. The van der Waals surface area contributed by atoms with Crippen molar-refractivity contribution in [2.75, 3.05) is 18.7 Å². The molecule has 1 N–H and O–H groups in total. The molecule has 0 aliphatic carbocycles. The van der Waals surface area contributed by atoms with Crippen LogP contribution in [0.25, 0.3) is 5.69 Å². The van der Waals surface area contributed by atoms with Gasteiger partial charge in [-0.2, -0.15) is 5.10 Å². The van der Waals surface area contributed by atoms with Crippen LogP contribution >= 0.6 is 11.8 Å². The van der Waals surface area contributed by atoms with E-state index in [1.807, 2.05) is 35.7 Å². The van der Waals surface area contributed by atoms with Crippen molar-refractivity contribution < 1.29 is 4.79 Å². The summed E-state index contributed by atoms with van der Waals surface area (Å²) >= 11 is 1.77. The highest BCUT2D eigenvalue weighted by molar-refractivity contribution is 7.99. The van der Waals surface area contributed by atoms with Gasteiger partial charge in [-0.05, 0) is 32.4 Å². The van der Waals surface area contributed by atoms with Gasteiger partial charge >= 0.3 is 0 Å². The molecule has 128 valence electrons. The van der Waals surface area contributed by atoms with E-state index in [4.69, 9.17) is 5.10 Å². The fraction of sp³-hybridized carbons (Fsp3) is 0.444. The predicted molar refractivity (Wildman–Crippen MR) is 98.5 cm³/mol. The number of para-hydroxylation sites is 1. The van der Waals surface area contributed by atoms with Gasteiger partial charge < -0.3 is 4.90 Å². The van der Waals surface area contributed by atoms with Crippen molar-refractivity contribution in [3.63, 3.8) is 0 Å². The van der Waals surface area contributed by atoms with E-state index >= 15 is 0 Å². The second-order valence-electron chi connectivity index (χ2n) is 6.31. The number of carbonyl (C=O) groups is 1. The summed E-state index contributed by atoms with van der Waals surface area (Å²) in [7, 11) is 1.87. The van der Waals surface area contributed by atoms with Gasteiger partial charge in [0.05, 0.1) is 17.4 Å². The molecule has 1 saturated heterocycles. The van der Waals surface area contributed by atoms with E-state index in [-0.39, 0.29) is 11.9 Å². The maximum absolute atomic E-state index is 12.5. The average molecular weight is 344 g/mol. The summed E-state index contributed by atoms with van der Waals surface area (Å²) in [5.41, 5.74) is 5.47. The van der Waals surface area contributed by atoms with Crippen molar-refractivity contribution in [1.82, 2.24) is 20.0 Å². The Morgan fingerprint density at radius 3 is 2.79 bits per heavy atom. The first-order chi connectivity index (χ1) is 11.5. The van der Waals surface area contributed by atoms with Crippen LogP contribution < -0.4 is 5.32 Å². The molecular formula is C18H24N4OS. The summed E-state index contributed by atoms with van der Waals surface area (Å²) in [6.45, 7) is 6.76. The van der Waals surface area contributed by atoms with Crippen LogP contribution in [0.4, 0.5) is 0 Å². The van der Waals surface area contributed by atoms with Crippen molar-refractivity contribution in [2.45, 2.75) is 33.4 Å². The van der Waals surface area contributed by atoms with E-state index < -0.39 is 0 Å². The lowest BCUT2D eigenvalue weighted by atomic mass is 10.1. The van der Waals surface area contributed by atoms with Crippen LogP contribution in [0, 0.1) is 20.8 Å². The van der Waals surface area contributed by atoms with Crippen LogP contribution in [-0.2, 0) is 11.3 Å². The predicted octanol–water partition coefficient (Wildman–Crippen LogP) is 2.42. The second-order valence-corrected chi connectivity index (χ2v) is 7.34. The molecule has 0 spiro atoms. The van der Waals surface area contributed by atoms with Crippen molar-refractivity contribution >= 4 is 17.7 Å². The molecular weight excluding hydrogens is 320 g/mol. The zero-order valence-corrected chi connectivity index (χ0v) is 15.5. The molecule has 0 bridgehead atoms. The highest BCUT2D eigenvalue weighted by Crippen LogP contribution is 2.22. The number of likely N-dealkylation sites (N-methyl/N-ethyl adjacent to an activating group) is 1. The summed E-state index contributed by atoms with van der Waals surface area (Å²) in [4.78, 5) is 14.3. The summed E-state index contributed by atoms with van der Waals surface area (Å²) < 4.78 is 1.99. The molecule has 1 aliphatic heterocycles. The van der Waals surface area contributed by atoms with Gasteiger partial charge in [-0.15, -0.1) is 11.8 Å². The number of benzene rings is 1. The number of hydrogen-bond donors (Lipinski definition) is 1. The summed E-state index contributed by atoms with van der Waals surface area (Å²) in [6, 6.07) is 8.16. The number of aryl methyl sites for hydroxylation is 2. The third kappa shape index (κ3) is 3.21. The fourth-order valence-electron chi connectivity index (χ4n) is 3.07. The van der Waals surface area contributed by atoms with Crippen LogP contribution in [-0.4, -0.2) is 45.3 Å². The van der Waals surface area contributed by atoms with Gasteiger partial charge in [-0.3, -0.25) is 10.1 Å². The number of amides is 1. The van der Waals surface area contributed by atoms with Crippen molar-refractivity contribution in [3.8, 4) is 5.69 Å². The average Bonchev–Trinajstić information content (AvgIpc) is 3.19. The molecule has 24 heavy (non-hydrogen) atoms. The second kappa shape index (κ2) is 6.99. The molecule has 2 aromatic rings. The lowest BCUT2D eigenvalue weighted by Crippen LogP contribution is -2.42. The highest BCUT2D eigenvalue weighted by Gasteiger charge is 2.26. The quantitative estimate of drug-likeness (QED) is 0.925. The topological polar surface area (TPSA) is 50.2 Å². The minimum Gasteiger partial charge on any atom is -0.340 e. The van der Waals surface area contributed by atoms with Crippen molar-refractivity contribution in [1.29, 1.82) is 0 Å². The molecule has 1 aliphatic rings. The Morgan fingerprint density at radius 1 is 1.38 bits per heavy atom. The first kappa shape index (κ1) is 17.0. The number of carbonyl (C=O) groups excluding carboxylic acids is 1. The zero-order valence-electron chi connectivity index (χ0n) is 14.7. The molecule has 1 aromatic heterocycles. The number of aromatic nitrogens is 2. The molecule has 1 amide bonds. The van der Waals surface area contributed by atoms with Gasteiger partial charge in [0.1, 0.15) is 0 Å². The third-order valence-corrected chi connectivity index (χ3v) is 5.51. The standard InChI is InChI=1S/C18H24N4OS/c1-12-7-5-6-8-17(12)22-14(3)15(13(2)20-22)9-21(4)18(23)16-10-24-11-19-16/h5-8,16,19H,9-11H2,1-4H3. The molecule has 2 heterocycles. The van der Waals surface area contributed by atoms with Gasteiger partial charge in [0.15, 0.2) is 0 Å². The Labute approximate surface area is 147 Å². The number of nitrogens with one attached hydrogen (secondary N) is 1. The fourth-order valence-corrected chi connectivity index (χ4v) is 4.01. The summed E-state index contributed by atoms with van der Waals surface area (Å²) in [6.07, 6.45) is 0. The molecule has 1 fully saturated rings. The minimum atomic E-state index is -0.0629. The normalized spacial score (nSPS) is 17.2. The molecule has 0 radical (unpaired) electrons.